The summed E-state index contributed by atoms with van der Waals surface area (Å²) >= 11 is 0. The second-order valence-corrected chi connectivity index (χ2v) is 3.09. The van der Waals surface area contributed by atoms with Crippen LogP contribution in [0.4, 0.5) is 0 Å². The zero-order valence-electron chi connectivity index (χ0n) is 7.90. The van der Waals surface area contributed by atoms with Crippen LogP contribution in [0.15, 0.2) is 24.4 Å². The summed E-state index contributed by atoms with van der Waals surface area (Å²) < 4.78 is 0. The fourth-order valence-electron chi connectivity index (χ4n) is 1.35. The first-order valence-corrected chi connectivity index (χ1v) is 4.54. The van der Waals surface area contributed by atoms with Crippen LogP contribution in [0.1, 0.15) is 23.0 Å². The lowest BCUT2D eigenvalue weighted by Crippen LogP contribution is -1.91. The van der Waals surface area contributed by atoms with Gasteiger partial charge in [-0.2, -0.15) is 0 Å². The van der Waals surface area contributed by atoms with Gasteiger partial charge in [-0.15, -0.1) is 0 Å². The molecular weight excluding hydrogens is 176 g/mol. The highest BCUT2D eigenvalue weighted by atomic mass is 16.1. The summed E-state index contributed by atoms with van der Waals surface area (Å²) in [5.74, 6) is 0. The fraction of sp³-hybridized carbons (Fsp3) is 0.182. The van der Waals surface area contributed by atoms with Gasteiger partial charge in [0.25, 0.3) is 0 Å². The molecular formula is C11H10N2O. The molecule has 0 N–H and O–H groups in total. The number of aryl methyl sites for hydroxylation is 1. The van der Waals surface area contributed by atoms with Crippen LogP contribution in [0.5, 0.6) is 0 Å². The molecule has 0 saturated heterocycles. The van der Waals surface area contributed by atoms with Crippen LogP contribution in [0.25, 0.3) is 11.0 Å². The smallest absolute Gasteiger partial charge is 0.170 e. The zero-order chi connectivity index (χ0) is 9.97. The molecule has 0 fully saturated rings. The van der Waals surface area contributed by atoms with E-state index < -0.39 is 0 Å². The first-order valence-electron chi connectivity index (χ1n) is 4.54. The number of benzene rings is 1. The lowest BCUT2D eigenvalue weighted by Gasteiger charge is -1.99. The second-order valence-electron chi connectivity index (χ2n) is 3.09. The summed E-state index contributed by atoms with van der Waals surface area (Å²) in [7, 11) is 0. The van der Waals surface area contributed by atoms with E-state index >= 15 is 0 Å². The maximum atomic E-state index is 10.5. The number of fused-ring (bicyclic) bond motifs is 1. The Balaban J connectivity index is 2.63. The van der Waals surface area contributed by atoms with Gasteiger partial charge in [-0.3, -0.25) is 9.78 Å². The summed E-state index contributed by atoms with van der Waals surface area (Å²) in [6.45, 7) is 2.09. The van der Waals surface area contributed by atoms with Gasteiger partial charge in [0.05, 0.1) is 17.2 Å². The quantitative estimate of drug-likeness (QED) is 0.674. The highest BCUT2D eigenvalue weighted by molar-refractivity contribution is 5.80. The molecule has 70 valence electrons. The highest BCUT2D eigenvalue weighted by Crippen LogP contribution is 2.11. The van der Waals surface area contributed by atoms with Crippen LogP contribution in [0.2, 0.25) is 0 Å². The number of hydrogen-bond donors (Lipinski definition) is 0. The van der Waals surface area contributed by atoms with Gasteiger partial charge in [-0.25, -0.2) is 4.98 Å². The van der Waals surface area contributed by atoms with Gasteiger partial charge < -0.3 is 0 Å². The number of aromatic nitrogens is 2. The Morgan fingerprint density at radius 3 is 2.93 bits per heavy atom. The lowest BCUT2D eigenvalue weighted by molar-refractivity contribution is 0.111. The van der Waals surface area contributed by atoms with Gasteiger partial charge in [0.15, 0.2) is 6.29 Å². The number of nitrogens with zero attached hydrogens (tertiary/aromatic N) is 2. The van der Waals surface area contributed by atoms with Crippen molar-refractivity contribution in [1.82, 2.24) is 9.97 Å². The van der Waals surface area contributed by atoms with Crippen molar-refractivity contribution >= 4 is 17.3 Å². The van der Waals surface area contributed by atoms with Crippen molar-refractivity contribution in [1.29, 1.82) is 0 Å². The molecule has 14 heavy (non-hydrogen) atoms. The van der Waals surface area contributed by atoms with E-state index in [1.807, 2.05) is 18.2 Å². The van der Waals surface area contributed by atoms with Gasteiger partial charge in [-0.05, 0) is 24.1 Å². The summed E-state index contributed by atoms with van der Waals surface area (Å²) in [5, 5.41) is 0. The van der Waals surface area contributed by atoms with Crippen LogP contribution in [0.3, 0.4) is 0 Å². The number of aldehydes is 1. The SMILES string of the molecule is CCc1ccc2nc(C=O)cnc2c1. The van der Waals surface area contributed by atoms with Crippen molar-refractivity contribution in [3.8, 4) is 0 Å². The van der Waals surface area contributed by atoms with E-state index in [0.717, 1.165) is 17.5 Å². The predicted molar refractivity (Wildman–Crippen MR) is 54.3 cm³/mol. The molecule has 0 bridgehead atoms. The van der Waals surface area contributed by atoms with Crippen LogP contribution in [-0.4, -0.2) is 16.3 Å². The molecule has 1 aromatic carbocycles. The van der Waals surface area contributed by atoms with Crippen molar-refractivity contribution in [2.24, 2.45) is 0 Å². The molecule has 0 aliphatic carbocycles. The number of carbonyl (C=O) groups is 1. The van der Waals surface area contributed by atoms with E-state index in [0.29, 0.717) is 12.0 Å². The van der Waals surface area contributed by atoms with Crippen LogP contribution < -0.4 is 0 Å². The van der Waals surface area contributed by atoms with Gasteiger partial charge in [-0.1, -0.05) is 13.0 Å². The molecule has 0 saturated carbocycles. The standard InChI is InChI=1S/C11H10N2O/c1-2-8-3-4-10-11(5-8)12-6-9(7-14)13-10/h3-7H,2H2,1H3. The van der Waals surface area contributed by atoms with Crippen molar-refractivity contribution in [2.45, 2.75) is 13.3 Å². The maximum absolute atomic E-state index is 10.5. The Labute approximate surface area is 81.8 Å². The minimum Gasteiger partial charge on any atom is -0.296 e. The molecule has 0 aliphatic heterocycles. The molecule has 2 aromatic rings. The second kappa shape index (κ2) is 3.54. The number of carbonyl (C=O) groups excluding carboxylic acids is 1. The molecule has 3 heteroatoms. The maximum Gasteiger partial charge on any atom is 0.170 e. The average molecular weight is 186 g/mol. The summed E-state index contributed by atoms with van der Waals surface area (Å²) in [5.41, 5.74) is 3.22. The van der Waals surface area contributed by atoms with E-state index in [4.69, 9.17) is 0 Å². The van der Waals surface area contributed by atoms with Crippen molar-refractivity contribution in [3.05, 3.63) is 35.7 Å². The Morgan fingerprint density at radius 1 is 1.36 bits per heavy atom. The zero-order valence-corrected chi connectivity index (χ0v) is 7.90. The lowest BCUT2D eigenvalue weighted by atomic mass is 10.1. The normalized spacial score (nSPS) is 10.4. The van der Waals surface area contributed by atoms with Gasteiger partial charge in [0.2, 0.25) is 0 Å². The van der Waals surface area contributed by atoms with Gasteiger partial charge in [0.1, 0.15) is 5.69 Å². The fourth-order valence-corrected chi connectivity index (χ4v) is 1.35. The van der Waals surface area contributed by atoms with Crippen LogP contribution in [0, 0.1) is 0 Å². The Hall–Kier alpha value is -1.77. The Bertz CT molecular complexity index is 480. The molecule has 0 amide bonds. The molecule has 2 rings (SSSR count). The third kappa shape index (κ3) is 1.48. The van der Waals surface area contributed by atoms with E-state index in [2.05, 4.69) is 16.9 Å². The molecule has 1 heterocycles. The monoisotopic (exact) mass is 186 g/mol. The topological polar surface area (TPSA) is 42.9 Å². The molecule has 0 spiro atoms. The molecule has 0 atom stereocenters. The van der Waals surface area contributed by atoms with E-state index in [9.17, 15) is 4.79 Å². The van der Waals surface area contributed by atoms with Crippen molar-refractivity contribution in [3.63, 3.8) is 0 Å². The third-order valence-electron chi connectivity index (χ3n) is 2.15. The Kier molecular flexibility index (Phi) is 2.23. The van der Waals surface area contributed by atoms with Crippen molar-refractivity contribution < 1.29 is 4.79 Å². The minimum absolute atomic E-state index is 0.377. The summed E-state index contributed by atoms with van der Waals surface area (Å²) in [6.07, 6.45) is 3.18. The van der Waals surface area contributed by atoms with E-state index in [1.54, 1.807) is 0 Å². The van der Waals surface area contributed by atoms with E-state index in [-0.39, 0.29) is 0 Å². The largest absolute Gasteiger partial charge is 0.296 e. The molecule has 1 aromatic heterocycles. The molecule has 0 aliphatic rings. The Morgan fingerprint density at radius 2 is 2.21 bits per heavy atom. The van der Waals surface area contributed by atoms with Crippen molar-refractivity contribution in [2.75, 3.05) is 0 Å². The summed E-state index contributed by atoms with van der Waals surface area (Å²) in [6, 6.07) is 5.90. The number of rotatable bonds is 2. The van der Waals surface area contributed by atoms with Crippen LogP contribution in [-0.2, 0) is 6.42 Å². The van der Waals surface area contributed by atoms with Gasteiger partial charge in [0, 0.05) is 0 Å². The number of hydrogen-bond acceptors (Lipinski definition) is 3. The average Bonchev–Trinajstić information content (AvgIpc) is 2.27. The highest BCUT2D eigenvalue weighted by Gasteiger charge is 1.99. The van der Waals surface area contributed by atoms with Gasteiger partial charge >= 0.3 is 0 Å². The predicted octanol–water partition coefficient (Wildman–Crippen LogP) is 2.00. The minimum atomic E-state index is 0.377. The van der Waals surface area contributed by atoms with Crippen LogP contribution >= 0.6 is 0 Å². The first-order chi connectivity index (χ1) is 6.83. The first kappa shape index (κ1) is 8.81. The summed E-state index contributed by atoms with van der Waals surface area (Å²) in [4.78, 5) is 18.8. The molecule has 0 unspecified atom stereocenters. The third-order valence-corrected chi connectivity index (χ3v) is 2.15. The molecule has 3 nitrogen and oxygen atoms in total. The molecule has 0 radical (unpaired) electrons. The van der Waals surface area contributed by atoms with E-state index in [1.165, 1.54) is 11.8 Å².